The number of benzene rings is 1. The maximum atomic E-state index is 12.9. The molecule has 0 saturated carbocycles. The second-order valence-electron chi connectivity index (χ2n) is 8.64. The standard InChI is InChI=1S/C23H29N5O/c29-22(21-18-28(25-24-21)17-16-26-12-4-1-5-13-26)27-14-10-23(11-15-27)9-8-19-6-2-3-7-20(19)23/h2-3,6-9,18H,1,4-5,10-17H2. The highest BCUT2D eigenvalue weighted by atomic mass is 16.2. The zero-order valence-corrected chi connectivity index (χ0v) is 17.0. The van der Waals surface area contributed by atoms with Crippen LogP contribution in [0.3, 0.4) is 0 Å². The summed E-state index contributed by atoms with van der Waals surface area (Å²) in [5, 5.41) is 8.37. The summed E-state index contributed by atoms with van der Waals surface area (Å²) >= 11 is 0. The molecule has 2 aliphatic heterocycles. The number of piperidine rings is 2. The predicted molar refractivity (Wildman–Crippen MR) is 113 cm³/mol. The Morgan fingerprint density at radius 2 is 1.79 bits per heavy atom. The fraction of sp³-hybridized carbons (Fsp3) is 0.522. The molecule has 0 unspecified atom stereocenters. The van der Waals surface area contributed by atoms with Gasteiger partial charge in [-0.1, -0.05) is 48.1 Å². The van der Waals surface area contributed by atoms with Crippen LogP contribution in [0.5, 0.6) is 0 Å². The van der Waals surface area contributed by atoms with Crippen LogP contribution >= 0.6 is 0 Å². The Bertz CT molecular complexity index is 903. The van der Waals surface area contributed by atoms with E-state index in [9.17, 15) is 4.79 Å². The van der Waals surface area contributed by atoms with Gasteiger partial charge in [0.25, 0.3) is 5.91 Å². The molecular formula is C23H29N5O. The summed E-state index contributed by atoms with van der Waals surface area (Å²) in [5.74, 6) is 0.0133. The van der Waals surface area contributed by atoms with Crippen LogP contribution in [0.15, 0.2) is 36.5 Å². The predicted octanol–water partition coefficient (Wildman–Crippen LogP) is 2.96. The number of aromatic nitrogens is 3. The zero-order valence-electron chi connectivity index (χ0n) is 17.0. The van der Waals surface area contributed by atoms with Gasteiger partial charge in [0.15, 0.2) is 5.69 Å². The number of carbonyl (C=O) groups excluding carboxylic acids is 1. The van der Waals surface area contributed by atoms with E-state index >= 15 is 0 Å². The molecule has 0 radical (unpaired) electrons. The molecule has 29 heavy (non-hydrogen) atoms. The van der Waals surface area contributed by atoms with Crippen molar-refractivity contribution in [3.8, 4) is 0 Å². The molecule has 3 aliphatic rings. The third kappa shape index (κ3) is 3.62. The van der Waals surface area contributed by atoms with Crippen LogP contribution in [0.4, 0.5) is 0 Å². The Kier molecular flexibility index (Phi) is 4.96. The monoisotopic (exact) mass is 391 g/mol. The van der Waals surface area contributed by atoms with Crippen molar-refractivity contribution in [3.63, 3.8) is 0 Å². The lowest BCUT2D eigenvalue weighted by molar-refractivity contribution is 0.0684. The van der Waals surface area contributed by atoms with Crippen molar-refractivity contribution in [2.45, 2.75) is 44.1 Å². The first kappa shape index (κ1) is 18.6. The van der Waals surface area contributed by atoms with E-state index in [1.807, 2.05) is 15.8 Å². The number of hydrogen-bond donors (Lipinski definition) is 0. The third-order valence-corrected chi connectivity index (χ3v) is 6.87. The van der Waals surface area contributed by atoms with Crippen molar-refractivity contribution < 1.29 is 4.79 Å². The first-order chi connectivity index (χ1) is 14.2. The second kappa shape index (κ2) is 7.75. The van der Waals surface area contributed by atoms with Crippen LogP contribution < -0.4 is 0 Å². The first-order valence-corrected chi connectivity index (χ1v) is 10.9. The number of nitrogens with zero attached hydrogens (tertiary/aromatic N) is 5. The van der Waals surface area contributed by atoms with Gasteiger partial charge in [0.1, 0.15) is 0 Å². The molecule has 1 aromatic carbocycles. The van der Waals surface area contributed by atoms with Crippen LogP contribution in [0.2, 0.25) is 0 Å². The lowest BCUT2D eigenvalue weighted by Crippen LogP contribution is -2.44. The number of likely N-dealkylation sites (tertiary alicyclic amines) is 2. The fourth-order valence-corrected chi connectivity index (χ4v) is 5.07. The Morgan fingerprint density at radius 1 is 1.00 bits per heavy atom. The van der Waals surface area contributed by atoms with E-state index in [0.29, 0.717) is 5.69 Å². The SMILES string of the molecule is O=C(c1cn(CCN2CCCCC2)nn1)N1CCC2(C=Cc3ccccc32)CC1. The molecule has 0 bridgehead atoms. The lowest BCUT2D eigenvalue weighted by Gasteiger charge is -2.39. The number of amides is 1. The Balaban J connectivity index is 1.18. The smallest absolute Gasteiger partial charge is 0.276 e. The molecule has 152 valence electrons. The molecule has 6 nitrogen and oxygen atoms in total. The summed E-state index contributed by atoms with van der Waals surface area (Å²) in [4.78, 5) is 17.4. The first-order valence-electron chi connectivity index (χ1n) is 10.9. The molecule has 0 atom stereocenters. The average molecular weight is 392 g/mol. The number of rotatable bonds is 4. The molecule has 2 fully saturated rings. The highest BCUT2D eigenvalue weighted by Crippen LogP contribution is 2.43. The van der Waals surface area contributed by atoms with Crippen LogP contribution in [-0.2, 0) is 12.0 Å². The van der Waals surface area contributed by atoms with Crippen molar-refractivity contribution in [2.24, 2.45) is 0 Å². The molecule has 1 aromatic heterocycles. The number of carbonyl (C=O) groups is 1. The van der Waals surface area contributed by atoms with Crippen molar-refractivity contribution in [1.82, 2.24) is 24.8 Å². The lowest BCUT2D eigenvalue weighted by atomic mass is 9.74. The van der Waals surface area contributed by atoms with Crippen LogP contribution in [-0.4, -0.2) is 63.4 Å². The van der Waals surface area contributed by atoms with Crippen LogP contribution in [0, 0.1) is 0 Å². The largest absolute Gasteiger partial charge is 0.337 e. The Hall–Kier alpha value is -2.47. The molecule has 5 rings (SSSR count). The van der Waals surface area contributed by atoms with Gasteiger partial charge in [-0.15, -0.1) is 5.10 Å². The minimum Gasteiger partial charge on any atom is -0.337 e. The van der Waals surface area contributed by atoms with Crippen LogP contribution in [0.25, 0.3) is 6.08 Å². The van der Waals surface area contributed by atoms with Gasteiger partial charge in [-0.2, -0.15) is 0 Å². The van der Waals surface area contributed by atoms with E-state index in [-0.39, 0.29) is 11.3 Å². The van der Waals surface area contributed by atoms with Crippen LogP contribution in [0.1, 0.15) is 53.7 Å². The van der Waals surface area contributed by atoms with Gasteiger partial charge in [-0.25, -0.2) is 0 Å². The highest BCUT2D eigenvalue weighted by Gasteiger charge is 2.39. The molecule has 3 heterocycles. The van der Waals surface area contributed by atoms with Gasteiger partial charge in [0.2, 0.25) is 0 Å². The quantitative estimate of drug-likeness (QED) is 0.804. The molecule has 0 N–H and O–H groups in total. The zero-order chi connectivity index (χ0) is 19.7. The third-order valence-electron chi connectivity index (χ3n) is 6.87. The van der Waals surface area contributed by atoms with E-state index in [1.165, 1.54) is 43.5 Å². The van der Waals surface area contributed by atoms with E-state index in [4.69, 9.17) is 0 Å². The molecular weight excluding hydrogens is 362 g/mol. The van der Waals surface area contributed by atoms with Crippen molar-refractivity contribution >= 4 is 12.0 Å². The van der Waals surface area contributed by atoms with Gasteiger partial charge in [-0.3, -0.25) is 9.48 Å². The van der Waals surface area contributed by atoms with Gasteiger partial charge in [0, 0.05) is 25.0 Å². The summed E-state index contributed by atoms with van der Waals surface area (Å²) in [6.45, 7) is 5.65. The summed E-state index contributed by atoms with van der Waals surface area (Å²) in [7, 11) is 0. The number of allylic oxidation sites excluding steroid dienone is 1. The van der Waals surface area contributed by atoms with Crippen molar-refractivity contribution in [3.05, 3.63) is 53.4 Å². The normalized spacial score (nSPS) is 20.9. The minimum absolute atomic E-state index is 0.0133. The van der Waals surface area contributed by atoms with Crippen molar-refractivity contribution in [2.75, 3.05) is 32.7 Å². The Labute approximate surface area is 172 Å². The number of hydrogen-bond acceptors (Lipinski definition) is 4. The van der Waals surface area contributed by atoms with Gasteiger partial charge in [-0.05, 0) is 49.9 Å². The highest BCUT2D eigenvalue weighted by molar-refractivity contribution is 5.92. The van der Waals surface area contributed by atoms with Gasteiger partial charge >= 0.3 is 0 Å². The maximum absolute atomic E-state index is 12.9. The van der Waals surface area contributed by atoms with E-state index < -0.39 is 0 Å². The average Bonchev–Trinajstić information content (AvgIpc) is 3.39. The van der Waals surface area contributed by atoms with Crippen molar-refractivity contribution in [1.29, 1.82) is 0 Å². The Morgan fingerprint density at radius 3 is 2.62 bits per heavy atom. The minimum atomic E-state index is 0.0133. The summed E-state index contributed by atoms with van der Waals surface area (Å²) in [6, 6.07) is 8.63. The molecule has 1 spiro atoms. The van der Waals surface area contributed by atoms with Gasteiger partial charge < -0.3 is 9.80 Å². The fourth-order valence-electron chi connectivity index (χ4n) is 5.07. The summed E-state index contributed by atoms with van der Waals surface area (Å²) < 4.78 is 1.82. The molecule has 6 heteroatoms. The topological polar surface area (TPSA) is 54.3 Å². The molecule has 1 amide bonds. The molecule has 2 saturated heterocycles. The second-order valence-corrected chi connectivity index (χ2v) is 8.64. The van der Waals surface area contributed by atoms with E-state index in [0.717, 1.165) is 39.0 Å². The summed E-state index contributed by atoms with van der Waals surface area (Å²) in [6.07, 6.45) is 12.3. The molecule has 1 aliphatic carbocycles. The number of fused-ring (bicyclic) bond motifs is 2. The maximum Gasteiger partial charge on any atom is 0.276 e. The van der Waals surface area contributed by atoms with E-state index in [2.05, 4.69) is 51.6 Å². The molecule has 2 aromatic rings. The summed E-state index contributed by atoms with van der Waals surface area (Å²) in [5.41, 5.74) is 3.31. The van der Waals surface area contributed by atoms with Gasteiger partial charge in [0.05, 0.1) is 12.7 Å². The van der Waals surface area contributed by atoms with E-state index in [1.54, 1.807) is 0 Å².